The van der Waals surface area contributed by atoms with Gasteiger partial charge in [-0.15, -0.1) is 24.0 Å². The fourth-order valence-electron chi connectivity index (χ4n) is 4.25. The normalized spacial score (nSPS) is 20.1. The van der Waals surface area contributed by atoms with E-state index in [1.165, 1.54) is 6.42 Å². The van der Waals surface area contributed by atoms with Crippen molar-refractivity contribution in [2.75, 3.05) is 52.9 Å². The second-order valence-corrected chi connectivity index (χ2v) is 9.00. The van der Waals surface area contributed by atoms with Gasteiger partial charge in [-0.05, 0) is 42.9 Å². The lowest BCUT2D eigenvalue weighted by Crippen LogP contribution is -2.50. The fraction of sp³-hybridized carbons (Fsp3) is 0.667. The first-order chi connectivity index (χ1) is 15.0. The van der Waals surface area contributed by atoms with Crippen LogP contribution in [-0.2, 0) is 11.3 Å². The van der Waals surface area contributed by atoms with Crippen molar-refractivity contribution >= 4 is 35.8 Å². The van der Waals surface area contributed by atoms with Crippen LogP contribution in [0.2, 0.25) is 0 Å². The van der Waals surface area contributed by atoms with Crippen LogP contribution in [0, 0.1) is 5.92 Å². The molecule has 0 saturated carbocycles. The third-order valence-corrected chi connectivity index (χ3v) is 5.87. The van der Waals surface area contributed by atoms with Gasteiger partial charge in [0.05, 0.1) is 12.7 Å². The second kappa shape index (κ2) is 14.0. The summed E-state index contributed by atoms with van der Waals surface area (Å²) >= 11 is 0. The summed E-state index contributed by atoms with van der Waals surface area (Å²) in [6.45, 7) is 11.5. The van der Waals surface area contributed by atoms with E-state index in [9.17, 15) is 4.79 Å². The van der Waals surface area contributed by atoms with Crippen LogP contribution in [0.4, 0.5) is 0 Å². The molecule has 32 heavy (non-hydrogen) atoms. The first kappa shape index (κ1) is 26.9. The molecule has 2 N–H and O–H groups in total. The van der Waals surface area contributed by atoms with Crippen molar-refractivity contribution in [2.45, 2.75) is 45.8 Å². The van der Waals surface area contributed by atoms with Crippen LogP contribution in [0.15, 0.2) is 29.3 Å². The van der Waals surface area contributed by atoms with Gasteiger partial charge in [-0.1, -0.05) is 26.0 Å². The molecule has 1 aromatic carbocycles. The molecule has 0 spiro atoms. The molecule has 2 fully saturated rings. The topological polar surface area (TPSA) is 69.2 Å². The Morgan fingerprint density at radius 2 is 1.84 bits per heavy atom. The summed E-state index contributed by atoms with van der Waals surface area (Å²) in [5, 5.41) is 6.74. The van der Waals surface area contributed by atoms with E-state index in [0.29, 0.717) is 12.5 Å². The van der Waals surface area contributed by atoms with Gasteiger partial charge in [0, 0.05) is 58.4 Å². The number of guanidine groups is 1. The standard InChI is InChI=1S/C24H39N5O2.HI/c1-19(2)17-28-13-14-31-22(18-28)16-27-24(25-3)26-15-20-7-9-21(10-8-20)23(30)29-11-5-4-6-12-29;/h7-10,19,22H,4-6,11-18H2,1-3H3,(H2,25,26,27);1H. The number of morpholine rings is 1. The molecule has 2 aliphatic heterocycles. The second-order valence-electron chi connectivity index (χ2n) is 9.00. The highest BCUT2D eigenvalue weighted by atomic mass is 127. The largest absolute Gasteiger partial charge is 0.374 e. The molecule has 0 aromatic heterocycles. The fourth-order valence-corrected chi connectivity index (χ4v) is 4.25. The summed E-state index contributed by atoms with van der Waals surface area (Å²) in [4.78, 5) is 21.4. The van der Waals surface area contributed by atoms with Gasteiger partial charge in [-0.25, -0.2) is 0 Å². The smallest absolute Gasteiger partial charge is 0.253 e. The minimum Gasteiger partial charge on any atom is -0.374 e. The van der Waals surface area contributed by atoms with Crippen LogP contribution < -0.4 is 10.6 Å². The Hall–Kier alpha value is -1.39. The number of nitrogens with zero attached hydrogens (tertiary/aromatic N) is 3. The van der Waals surface area contributed by atoms with Gasteiger partial charge >= 0.3 is 0 Å². The van der Waals surface area contributed by atoms with Crippen molar-refractivity contribution in [1.29, 1.82) is 0 Å². The van der Waals surface area contributed by atoms with Gasteiger partial charge in [0.2, 0.25) is 0 Å². The zero-order chi connectivity index (χ0) is 22.1. The Morgan fingerprint density at radius 3 is 2.50 bits per heavy atom. The molecule has 1 amide bonds. The predicted octanol–water partition coefficient (Wildman–Crippen LogP) is 2.95. The molecule has 1 unspecified atom stereocenters. The van der Waals surface area contributed by atoms with Crippen molar-refractivity contribution in [3.05, 3.63) is 35.4 Å². The molecule has 1 atom stereocenters. The number of rotatable bonds is 7. The van der Waals surface area contributed by atoms with Gasteiger partial charge in [0.1, 0.15) is 0 Å². The van der Waals surface area contributed by atoms with Gasteiger partial charge < -0.3 is 20.3 Å². The molecule has 180 valence electrons. The van der Waals surface area contributed by atoms with Crippen LogP contribution in [0.25, 0.3) is 0 Å². The van der Waals surface area contributed by atoms with Gasteiger partial charge in [0.25, 0.3) is 5.91 Å². The van der Waals surface area contributed by atoms with Crippen molar-refractivity contribution in [2.24, 2.45) is 10.9 Å². The predicted molar refractivity (Wildman–Crippen MR) is 141 cm³/mol. The van der Waals surface area contributed by atoms with Gasteiger partial charge in [-0.2, -0.15) is 0 Å². The number of piperidine rings is 1. The molecule has 0 radical (unpaired) electrons. The molecule has 0 aliphatic carbocycles. The monoisotopic (exact) mass is 557 g/mol. The van der Waals surface area contributed by atoms with E-state index < -0.39 is 0 Å². The number of nitrogens with one attached hydrogen (secondary N) is 2. The Bertz CT molecular complexity index is 720. The Balaban J connectivity index is 0.00000363. The summed E-state index contributed by atoms with van der Waals surface area (Å²) in [5.74, 6) is 1.58. The Kier molecular flexibility index (Phi) is 11.7. The number of hydrogen-bond acceptors (Lipinski definition) is 4. The van der Waals surface area contributed by atoms with Crippen LogP contribution in [0.5, 0.6) is 0 Å². The number of benzene rings is 1. The van der Waals surface area contributed by atoms with Crippen LogP contribution in [0.1, 0.15) is 49.0 Å². The minimum absolute atomic E-state index is 0. The van der Waals surface area contributed by atoms with E-state index in [1.807, 2.05) is 29.2 Å². The summed E-state index contributed by atoms with van der Waals surface area (Å²) in [6, 6.07) is 7.91. The molecule has 7 nitrogen and oxygen atoms in total. The summed E-state index contributed by atoms with van der Waals surface area (Å²) in [5.41, 5.74) is 1.89. The van der Waals surface area contributed by atoms with Crippen molar-refractivity contribution in [3.63, 3.8) is 0 Å². The number of carbonyl (C=O) groups excluding carboxylic acids is 1. The van der Waals surface area contributed by atoms with Crippen LogP contribution >= 0.6 is 24.0 Å². The molecular formula is C24H40IN5O2. The highest BCUT2D eigenvalue weighted by Gasteiger charge is 2.21. The zero-order valence-corrected chi connectivity index (χ0v) is 22.1. The van der Waals surface area contributed by atoms with Crippen molar-refractivity contribution in [3.8, 4) is 0 Å². The number of carbonyl (C=O) groups is 1. The van der Waals surface area contributed by atoms with Crippen molar-refractivity contribution in [1.82, 2.24) is 20.4 Å². The number of likely N-dealkylation sites (tertiary alicyclic amines) is 1. The Labute approximate surface area is 210 Å². The molecule has 2 heterocycles. The number of aliphatic imine (C=N–C) groups is 1. The first-order valence-corrected chi connectivity index (χ1v) is 11.7. The molecule has 8 heteroatoms. The maximum Gasteiger partial charge on any atom is 0.253 e. The molecule has 2 saturated heterocycles. The highest BCUT2D eigenvalue weighted by molar-refractivity contribution is 14.0. The summed E-state index contributed by atoms with van der Waals surface area (Å²) < 4.78 is 5.91. The Morgan fingerprint density at radius 1 is 1.12 bits per heavy atom. The average molecular weight is 558 g/mol. The maximum atomic E-state index is 12.6. The molecule has 3 rings (SSSR count). The van der Waals surface area contributed by atoms with Crippen LogP contribution in [0.3, 0.4) is 0 Å². The van der Waals surface area contributed by atoms with Gasteiger partial charge in [-0.3, -0.25) is 14.7 Å². The van der Waals surface area contributed by atoms with E-state index in [4.69, 9.17) is 4.74 Å². The van der Waals surface area contributed by atoms with Crippen LogP contribution in [-0.4, -0.2) is 80.7 Å². The lowest BCUT2D eigenvalue weighted by atomic mass is 10.1. The SMILES string of the molecule is CN=C(NCc1ccc(C(=O)N2CCCCC2)cc1)NCC1CN(CC(C)C)CCO1.I. The molecular weight excluding hydrogens is 517 g/mol. The molecule has 0 bridgehead atoms. The number of ether oxygens (including phenoxy) is 1. The van der Waals surface area contributed by atoms with Crippen molar-refractivity contribution < 1.29 is 9.53 Å². The molecule has 1 aromatic rings. The zero-order valence-electron chi connectivity index (χ0n) is 19.8. The summed E-state index contributed by atoms with van der Waals surface area (Å²) in [7, 11) is 1.78. The lowest BCUT2D eigenvalue weighted by molar-refractivity contribution is -0.0284. The van der Waals surface area contributed by atoms with E-state index >= 15 is 0 Å². The van der Waals surface area contributed by atoms with E-state index in [0.717, 1.165) is 75.8 Å². The third-order valence-electron chi connectivity index (χ3n) is 5.87. The van der Waals surface area contributed by atoms with E-state index in [1.54, 1.807) is 7.05 Å². The lowest BCUT2D eigenvalue weighted by Gasteiger charge is -2.34. The third kappa shape index (κ3) is 8.51. The van der Waals surface area contributed by atoms with E-state index in [-0.39, 0.29) is 36.0 Å². The minimum atomic E-state index is 0. The number of hydrogen-bond donors (Lipinski definition) is 2. The van der Waals surface area contributed by atoms with E-state index in [2.05, 4.69) is 34.4 Å². The molecule has 2 aliphatic rings. The first-order valence-electron chi connectivity index (χ1n) is 11.7. The average Bonchev–Trinajstić information content (AvgIpc) is 2.79. The number of amides is 1. The maximum absolute atomic E-state index is 12.6. The highest BCUT2D eigenvalue weighted by Crippen LogP contribution is 2.14. The quantitative estimate of drug-likeness (QED) is 0.307. The van der Waals surface area contributed by atoms with Gasteiger partial charge in [0.15, 0.2) is 5.96 Å². The summed E-state index contributed by atoms with van der Waals surface area (Å²) in [6.07, 6.45) is 3.63. The number of halogens is 1.